The molecule has 0 amide bonds. The average Bonchev–Trinajstić information content (AvgIpc) is 2.46. The summed E-state index contributed by atoms with van der Waals surface area (Å²) in [5, 5.41) is 9.63. The zero-order chi connectivity index (χ0) is 11.4. The second-order valence-electron chi connectivity index (χ2n) is 4.29. The van der Waals surface area contributed by atoms with E-state index in [4.69, 9.17) is 5.73 Å². The molecule has 5 heteroatoms. The Morgan fingerprint density at radius 3 is 2.80 bits per heavy atom. The summed E-state index contributed by atoms with van der Waals surface area (Å²) in [6.45, 7) is 4.15. The summed E-state index contributed by atoms with van der Waals surface area (Å²) in [6.07, 6.45) is 0.499. The van der Waals surface area contributed by atoms with Gasteiger partial charge in [-0.1, -0.05) is 0 Å². The van der Waals surface area contributed by atoms with Gasteiger partial charge in [0.05, 0.1) is 6.10 Å². The number of aliphatic hydroxyl groups excluding tert-OH is 1. The molecule has 0 aromatic rings. The van der Waals surface area contributed by atoms with E-state index < -0.39 is 0 Å². The third-order valence-electron chi connectivity index (χ3n) is 2.58. The van der Waals surface area contributed by atoms with Crippen molar-refractivity contribution in [2.45, 2.75) is 25.5 Å². The smallest absolute Gasteiger partial charge is 0.191 e. The van der Waals surface area contributed by atoms with Gasteiger partial charge in [-0.25, -0.2) is 0 Å². The molecule has 0 aromatic carbocycles. The van der Waals surface area contributed by atoms with Crippen LogP contribution < -0.4 is 5.73 Å². The minimum atomic E-state index is -0.277. The number of likely N-dealkylation sites (N-methyl/N-ethyl adjacent to an activating group) is 1. The molecule has 0 radical (unpaired) electrons. The van der Waals surface area contributed by atoms with Crippen molar-refractivity contribution in [2.24, 2.45) is 10.7 Å². The molecule has 0 spiro atoms. The van der Waals surface area contributed by atoms with Crippen molar-refractivity contribution < 1.29 is 5.11 Å². The van der Waals surface area contributed by atoms with Gasteiger partial charge >= 0.3 is 0 Å². The number of nitrogens with zero attached hydrogens (tertiary/aromatic N) is 3. The van der Waals surface area contributed by atoms with E-state index in [0.717, 1.165) is 13.0 Å². The molecule has 0 aromatic heterocycles. The van der Waals surface area contributed by atoms with E-state index in [1.807, 2.05) is 25.9 Å². The standard InChI is InChI=1S/C10H22N4O/c1-4-12-10(11)14-7-9(15)5-8(14)6-13(2)3/h8-9,15H,4-7H2,1-3H3,(H2,11,12). The third-order valence-corrected chi connectivity index (χ3v) is 2.58. The van der Waals surface area contributed by atoms with Crippen LogP contribution in [0.3, 0.4) is 0 Å². The van der Waals surface area contributed by atoms with E-state index in [9.17, 15) is 5.11 Å². The molecule has 1 aliphatic heterocycles. The molecule has 1 rings (SSSR count). The van der Waals surface area contributed by atoms with E-state index in [1.54, 1.807) is 0 Å². The highest BCUT2D eigenvalue weighted by atomic mass is 16.3. The second kappa shape index (κ2) is 5.32. The Hall–Kier alpha value is -0.810. The number of β-amino-alcohol motifs (C(OH)–C–C–N with tert-alkyl or cyclic N) is 1. The van der Waals surface area contributed by atoms with Crippen molar-refractivity contribution in [3.05, 3.63) is 0 Å². The molecular weight excluding hydrogens is 192 g/mol. The average molecular weight is 214 g/mol. The maximum Gasteiger partial charge on any atom is 0.191 e. The maximum atomic E-state index is 9.63. The Bertz CT molecular complexity index is 229. The number of nitrogens with two attached hydrogens (primary N) is 1. The third kappa shape index (κ3) is 3.35. The Balaban J connectivity index is 2.64. The zero-order valence-electron chi connectivity index (χ0n) is 9.85. The van der Waals surface area contributed by atoms with Crippen LogP contribution in [0.25, 0.3) is 0 Å². The SMILES string of the molecule is CCN=C(N)N1CC(O)CC1CN(C)C. The molecule has 2 unspecified atom stereocenters. The van der Waals surface area contributed by atoms with E-state index in [1.165, 1.54) is 0 Å². The van der Waals surface area contributed by atoms with Gasteiger partial charge in [-0.15, -0.1) is 0 Å². The van der Waals surface area contributed by atoms with Crippen molar-refractivity contribution in [1.82, 2.24) is 9.80 Å². The summed E-state index contributed by atoms with van der Waals surface area (Å²) in [5.41, 5.74) is 5.86. The van der Waals surface area contributed by atoms with E-state index in [0.29, 0.717) is 19.0 Å². The van der Waals surface area contributed by atoms with Crippen LogP contribution in [0.5, 0.6) is 0 Å². The highest BCUT2D eigenvalue weighted by molar-refractivity contribution is 5.78. The van der Waals surface area contributed by atoms with Gasteiger partial charge in [0.25, 0.3) is 0 Å². The first-order valence-corrected chi connectivity index (χ1v) is 5.44. The largest absolute Gasteiger partial charge is 0.391 e. The predicted octanol–water partition coefficient (Wildman–Crippen LogP) is -0.682. The number of guanidine groups is 1. The highest BCUT2D eigenvalue weighted by Crippen LogP contribution is 2.17. The Morgan fingerprint density at radius 2 is 2.27 bits per heavy atom. The molecule has 3 N–H and O–H groups in total. The van der Waals surface area contributed by atoms with Crippen molar-refractivity contribution in [1.29, 1.82) is 0 Å². The molecule has 0 saturated carbocycles. The van der Waals surface area contributed by atoms with Crippen LogP contribution in [0, 0.1) is 0 Å². The summed E-state index contributed by atoms with van der Waals surface area (Å²) < 4.78 is 0. The molecule has 15 heavy (non-hydrogen) atoms. The van der Waals surface area contributed by atoms with Crippen molar-refractivity contribution >= 4 is 5.96 Å². The number of aliphatic hydroxyl groups is 1. The van der Waals surface area contributed by atoms with Crippen LogP contribution in [-0.2, 0) is 0 Å². The van der Waals surface area contributed by atoms with Gasteiger partial charge in [0.1, 0.15) is 0 Å². The number of hydrogen-bond acceptors (Lipinski definition) is 3. The molecular formula is C10H22N4O. The fourth-order valence-corrected chi connectivity index (χ4v) is 2.02. The zero-order valence-corrected chi connectivity index (χ0v) is 9.85. The Kier molecular flexibility index (Phi) is 4.35. The van der Waals surface area contributed by atoms with Gasteiger partial charge in [-0.3, -0.25) is 4.99 Å². The van der Waals surface area contributed by atoms with Crippen molar-refractivity contribution in [3.8, 4) is 0 Å². The molecule has 1 aliphatic rings. The fourth-order valence-electron chi connectivity index (χ4n) is 2.02. The minimum absolute atomic E-state index is 0.277. The molecule has 88 valence electrons. The molecule has 5 nitrogen and oxygen atoms in total. The Labute approximate surface area is 91.6 Å². The Morgan fingerprint density at radius 1 is 1.60 bits per heavy atom. The molecule has 1 fully saturated rings. The van der Waals surface area contributed by atoms with E-state index >= 15 is 0 Å². The van der Waals surface area contributed by atoms with Gasteiger partial charge in [0.2, 0.25) is 0 Å². The normalized spacial score (nSPS) is 27.8. The van der Waals surface area contributed by atoms with E-state index in [-0.39, 0.29) is 12.1 Å². The molecule has 0 aliphatic carbocycles. The lowest BCUT2D eigenvalue weighted by Gasteiger charge is -2.27. The lowest BCUT2D eigenvalue weighted by atomic mass is 10.2. The van der Waals surface area contributed by atoms with E-state index in [2.05, 4.69) is 9.89 Å². The van der Waals surface area contributed by atoms with Crippen LogP contribution in [0.1, 0.15) is 13.3 Å². The van der Waals surface area contributed by atoms with Crippen molar-refractivity contribution in [3.63, 3.8) is 0 Å². The molecule has 1 heterocycles. The van der Waals surface area contributed by atoms with Gasteiger partial charge < -0.3 is 20.6 Å². The van der Waals surface area contributed by atoms with Crippen LogP contribution in [0.15, 0.2) is 4.99 Å². The first-order chi connectivity index (χ1) is 7.04. The van der Waals surface area contributed by atoms with Gasteiger partial charge in [-0.05, 0) is 27.4 Å². The van der Waals surface area contributed by atoms with Crippen molar-refractivity contribution in [2.75, 3.05) is 33.7 Å². The highest BCUT2D eigenvalue weighted by Gasteiger charge is 2.32. The van der Waals surface area contributed by atoms with Crippen LogP contribution >= 0.6 is 0 Å². The minimum Gasteiger partial charge on any atom is -0.391 e. The van der Waals surface area contributed by atoms with Gasteiger partial charge in [-0.2, -0.15) is 0 Å². The molecule has 0 bridgehead atoms. The summed E-state index contributed by atoms with van der Waals surface area (Å²) in [4.78, 5) is 8.30. The summed E-state index contributed by atoms with van der Waals surface area (Å²) >= 11 is 0. The second-order valence-corrected chi connectivity index (χ2v) is 4.29. The predicted molar refractivity (Wildman–Crippen MR) is 61.8 cm³/mol. The van der Waals surface area contributed by atoms with Crippen LogP contribution in [0.4, 0.5) is 0 Å². The monoisotopic (exact) mass is 214 g/mol. The number of rotatable bonds is 3. The van der Waals surface area contributed by atoms with Gasteiger partial charge in [0.15, 0.2) is 5.96 Å². The van der Waals surface area contributed by atoms with Crippen LogP contribution in [-0.4, -0.2) is 66.7 Å². The topological polar surface area (TPSA) is 65.1 Å². The quantitative estimate of drug-likeness (QED) is 0.482. The number of hydrogen-bond donors (Lipinski definition) is 2. The summed E-state index contributed by atoms with van der Waals surface area (Å²) in [7, 11) is 4.05. The lowest BCUT2D eigenvalue weighted by Crippen LogP contribution is -2.45. The number of aliphatic imine (C=N–C) groups is 1. The summed E-state index contributed by atoms with van der Waals surface area (Å²) in [5.74, 6) is 0.556. The summed E-state index contributed by atoms with van der Waals surface area (Å²) in [6, 6.07) is 0.283. The van der Waals surface area contributed by atoms with Crippen LogP contribution in [0.2, 0.25) is 0 Å². The first-order valence-electron chi connectivity index (χ1n) is 5.44. The van der Waals surface area contributed by atoms with Gasteiger partial charge in [0, 0.05) is 25.7 Å². The molecule has 1 saturated heterocycles. The lowest BCUT2D eigenvalue weighted by molar-refractivity contribution is 0.187. The first kappa shape index (κ1) is 12.3. The number of likely N-dealkylation sites (tertiary alicyclic amines) is 1. The fraction of sp³-hybridized carbons (Fsp3) is 0.900. The molecule has 2 atom stereocenters. The maximum absolute atomic E-state index is 9.63.